The lowest BCUT2D eigenvalue weighted by atomic mass is 9.81. The Morgan fingerprint density at radius 3 is 1.83 bits per heavy atom. The number of nitrogens with two attached hydrogens (primary N) is 3. The Kier molecular flexibility index (Phi) is 21.6. The van der Waals surface area contributed by atoms with Crippen molar-refractivity contribution >= 4 is 145 Å². The van der Waals surface area contributed by atoms with Crippen molar-refractivity contribution < 1.29 is 15.0 Å². The molecule has 6 heterocycles. The summed E-state index contributed by atoms with van der Waals surface area (Å²) in [5.74, 6) is 0.203. The third kappa shape index (κ3) is 15.6. The minimum atomic E-state index is -1.56. The molecule has 0 unspecified atom stereocenters. The fourth-order valence-corrected chi connectivity index (χ4v) is 17.1. The SMILES string of the molecule is C.Cc1cc(Cn2ncc3c(-c4cncc(C#N)c4)nc(N)nc32)ccc1N.Cc1cc(Cn2ncc3c(Cl)nc(N)nc32)ccc1[N+](=O)[O-].N#Cc1cncc(B(O)O)c1.S=S=S=S=S=S=S=S. The normalized spacial score (nSPS) is 9.90. The lowest BCUT2D eigenvalue weighted by molar-refractivity contribution is -0.385. The lowest BCUT2D eigenvalue weighted by Crippen LogP contribution is -2.30. The summed E-state index contributed by atoms with van der Waals surface area (Å²) >= 11 is 15.2. The van der Waals surface area contributed by atoms with E-state index in [2.05, 4.69) is 68.5 Å². The number of hydrogen-bond acceptors (Lipinski definition) is 19. The Hall–Kier alpha value is -6.35. The van der Waals surface area contributed by atoms with Crippen LogP contribution in [0.4, 0.5) is 23.3 Å². The second-order valence-electron chi connectivity index (χ2n) is 13.4. The van der Waals surface area contributed by atoms with E-state index in [9.17, 15) is 10.1 Å². The van der Waals surface area contributed by atoms with Crippen LogP contribution in [0.3, 0.4) is 0 Å². The molecule has 69 heavy (non-hydrogen) atoms. The highest BCUT2D eigenvalue weighted by Gasteiger charge is 2.16. The maximum Gasteiger partial charge on any atom is 0.490 e. The zero-order valence-corrected chi connectivity index (χ0v) is 42.3. The first-order valence-corrected chi connectivity index (χ1v) is 28.4. The van der Waals surface area contributed by atoms with Crippen LogP contribution in [0, 0.1) is 46.6 Å². The Morgan fingerprint density at radius 2 is 1.28 bits per heavy atom. The fourth-order valence-electron chi connectivity index (χ4n) is 5.90. The molecule has 0 aliphatic heterocycles. The van der Waals surface area contributed by atoms with Crippen LogP contribution in [0.25, 0.3) is 33.3 Å². The summed E-state index contributed by atoms with van der Waals surface area (Å²) in [4.78, 5) is 34.9. The topological polar surface area (TPSA) is 322 Å². The van der Waals surface area contributed by atoms with Crippen LogP contribution >= 0.6 is 11.6 Å². The van der Waals surface area contributed by atoms with Gasteiger partial charge in [0.2, 0.25) is 11.9 Å². The average molecular weight is 1100 g/mol. The summed E-state index contributed by atoms with van der Waals surface area (Å²) in [5, 5.41) is 55.9. The standard InChI is InChI=1S/C19H16N8.C13H11ClN6O2.C6H5BN2O2.CH4.S8/c1-11-4-12(2-3-16(11)21)10-27-18-15(9-24-27)17(25-19(22)26-18)14-5-13(6-20)7-23-8-14;1-7-4-8(2-3-10(7)20(21)22)6-19-12-9(5-16-19)11(14)17-13(15)18-12;8-2-5-1-6(7(10)11)4-9-3-5;;1-3-5-7-8-6-4-2/h2-5,7-9H,10,21H2,1H3,(H2,22,25,26);2-5H,6H2,1H3,(H2,15,17,18);1,3-4,10-11H;1H4;. The van der Waals surface area contributed by atoms with Crippen molar-refractivity contribution in [3.8, 4) is 23.4 Å². The maximum atomic E-state index is 10.8. The molecule has 0 atom stereocenters. The van der Waals surface area contributed by atoms with Gasteiger partial charge in [-0.1, -0.05) is 37.2 Å². The third-order valence-corrected chi connectivity index (χ3v) is 20.3. The molecule has 0 radical (unpaired) electrons. The monoisotopic (exact) mass is 1090 g/mol. The van der Waals surface area contributed by atoms with E-state index in [1.54, 1.807) is 88.6 Å². The fraction of sp³-hybridized carbons (Fsp3) is 0.128. The Bertz CT molecular complexity index is 3510. The zero-order valence-electron chi connectivity index (χ0n) is 35.0. The maximum absolute atomic E-state index is 10.8. The van der Waals surface area contributed by atoms with Gasteiger partial charge in [0, 0.05) is 129 Å². The molecule has 0 saturated heterocycles. The molecule has 354 valence electrons. The van der Waals surface area contributed by atoms with Crippen LogP contribution < -0.4 is 22.7 Å². The second-order valence-corrected chi connectivity index (χ2v) is 24.4. The molecule has 30 heteroatoms. The van der Waals surface area contributed by atoms with Crippen molar-refractivity contribution in [2.45, 2.75) is 34.4 Å². The molecule has 0 aliphatic rings. The van der Waals surface area contributed by atoms with E-state index in [1.165, 1.54) is 48.5 Å². The van der Waals surface area contributed by atoms with Gasteiger partial charge in [-0.15, -0.1) is 0 Å². The molecule has 8 rings (SSSR count). The molecule has 20 nitrogen and oxygen atoms in total. The van der Waals surface area contributed by atoms with Crippen LogP contribution in [0.2, 0.25) is 5.15 Å². The second kappa shape index (κ2) is 27.0. The van der Waals surface area contributed by atoms with Crippen molar-refractivity contribution in [1.82, 2.24) is 49.5 Å². The van der Waals surface area contributed by atoms with Gasteiger partial charge in [-0.3, -0.25) is 20.1 Å². The van der Waals surface area contributed by atoms with Gasteiger partial charge in [0.25, 0.3) is 5.69 Å². The number of nitrogens with zero attached hydrogens (tertiary/aromatic N) is 13. The molecule has 0 amide bonds. The zero-order chi connectivity index (χ0) is 49.3. The molecule has 0 fully saturated rings. The number of nitro groups is 1. The Balaban J connectivity index is 0.000000220. The Morgan fingerprint density at radius 1 is 0.739 bits per heavy atom. The Labute approximate surface area is 426 Å². The average Bonchev–Trinajstić information content (AvgIpc) is 3.92. The predicted octanol–water partition coefficient (Wildman–Crippen LogP) is 3.86. The van der Waals surface area contributed by atoms with Crippen molar-refractivity contribution in [3.63, 3.8) is 0 Å². The van der Waals surface area contributed by atoms with Gasteiger partial charge in [-0.2, -0.15) is 30.7 Å². The number of nitrogen functional groups attached to an aromatic ring is 3. The van der Waals surface area contributed by atoms with Crippen LogP contribution in [0.5, 0.6) is 0 Å². The summed E-state index contributed by atoms with van der Waals surface area (Å²) in [6, 6.07) is 17.8. The molecule has 0 saturated carbocycles. The summed E-state index contributed by atoms with van der Waals surface area (Å²) < 4.78 is 3.39. The van der Waals surface area contributed by atoms with E-state index < -0.39 is 12.0 Å². The number of aromatic nitrogens is 10. The highest BCUT2D eigenvalue weighted by Crippen LogP contribution is 2.28. The van der Waals surface area contributed by atoms with Gasteiger partial charge < -0.3 is 27.2 Å². The molecule has 8 N–H and O–H groups in total. The van der Waals surface area contributed by atoms with Gasteiger partial charge in [0.05, 0.1) is 58.0 Å². The van der Waals surface area contributed by atoms with E-state index in [0.29, 0.717) is 57.7 Å². The summed E-state index contributed by atoms with van der Waals surface area (Å²) in [6.45, 7) is 4.58. The molecule has 0 spiro atoms. The molecular weight excluding hydrogens is 1060 g/mol. The summed E-state index contributed by atoms with van der Waals surface area (Å²) in [6.07, 6.45) is 9.06. The third-order valence-electron chi connectivity index (χ3n) is 8.90. The van der Waals surface area contributed by atoms with Gasteiger partial charge in [0.1, 0.15) is 17.3 Å². The number of hydrogen-bond donors (Lipinski definition) is 5. The number of benzene rings is 2. The first-order valence-electron chi connectivity index (χ1n) is 18.7. The number of anilines is 3. The van der Waals surface area contributed by atoms with Crippen LogP contribution in [-0.2, 0) is 88.7 Å². The first kappa shape index (κ1) is 55.3. The molecule has 0 aliphatic carbocycles. The number of halogens is 1. The number of rotatable bonds is 7. The number of aryl methyl sites for hydroxylation is 2. The molecule has 6 aromatic heterocycles. The highest BCUT2D eigenvalue weighted by atomic mass is 35.5. The van der Waals surface area contributed by atoms with Gasteiger partial charge in [0.15, 0.2) is 11.3 Å². The summed E-state index contributed by atoms with van der Waals surface area (Å²) in [5.41, 5.74) is 25.2. The number of nitro benzene ring substituents is 1. The van der Waals surface area contributed by atoms with Crippen molar-refractivity contribution in [1.29, 1.82) is 10.5 Å². The molecule has 8 aromatic rings. The molecular formula is C39H36BClN16O4S8. The predicted molar refractivity (Wildman–Crippen MR) is 288 cm³/mol. The van der Waals surface area contributed by atoms with E-state index in [0.717, 1.165) is 27.8 Å². The van der Waals surface area contributed by atoms with E-state index in [1.807, 2.05) is 31.2 Å². The minimum absolute atomic E-state index is 0. The number of nitriles is 2. The largest absolute Gasteiger partial charge is 0.490 e. The van der Waals surface area contributed by atoms with Gasteiger partial charge in [-0.05, 0) is 54.8 Å². The molecule has 0 bridgehead atoms. The van der Waals surface area contributed by atoms with E-state index in [4.69, 9.17) is 49.4 Å². The summed E-state index contributed by atoms with van der Waals surface area (Å²) in [7, 11) is 7.56. The van der Waals surface area contributed by atoms with Crippen molar-refractivity contribution in [2.75, 3.05) is 17.2 Å². The number of pyridine rings is 2. The highest BCUT2D eigenvalue weighted by molar-refractivity contribution is 8.70. The van der Waals surface area contributed by atoms with E-state index >= 15 is 0 Å². The van der Waals surface area contributed by atoms with Crippen LogP contribution in [0.1, 0.15) is 40.8 Å². The van der Waals surface area contributed by atoms with Crippen LogP contribution in [-0.4, -0.2) is 71.6 Å². The smallest absolute Gasteiger partial charge is 0.423 e. The lowest BCUT2D eigenvalue weighted by Gasteiger charge is -2.08. The quantitative estimate of drug-likeness (QED) is 0.0497. The molecule has 2 aromatic carbocycles. The number of fused-ring (bicyclic) bond motifs is 2. The van der Waals surface area contributed by atoms with Gasteiger partial charge >= 0.3 is 7.12 Å². The van der Waals surface area contributed by atoms with Crippen molar-refractivity contribution in [2.24, 2.45) is 0 Å². The minimum Gasteiger partial charge on any atom is -0.423 e. The van der Waals surface area contributed by atoms with Gasteiger partial charge in [-0.25, -0.2) is 19.3 Å². The first-order chi connectivity index (χ1) is 32.6. The van der Waals surface area contributed by atoms with Crippen molar-refractivity contribution in [3.05, 3.63) is 134 Å². The van der Waals surface area contributed by atoms with Crippen LogP contribution in [0.15, 0.2) is 85.7 Å². The van der Waals surface area contributed by atoms with E-state index in [-0.39, 0.29) is 35.6 Å².